The Morgan fingerprint density at radius 2 is 1.83 bits per heavy atom. The van der Waals surface area contributed by atoms with E-state index in [0.717, 1.165) is 32.4 Å². The summed E-state index contributed by atoms with van der Waals surface area (Å²) in [5.41, 5.74) is 1.23. The van der Waals surface area contributed by atoms with Gasteiger partial charge in [0.25, 0.3) is 0 Å². The molecule has 2 atom stereocenters. The second-order valence-corrected chi connectivity index (χ2v) is 8.12. The Bertz CT molecular complexity index is 514. The highest BCUT2D eigenvalue weighted by Gasteiger charge is 2.30. The van der Waals surface area contributed by atoms with E-state index in [1.54, 1.807) is 0 Å². The maximum absolute atomic E-state index is 12.7. The number of aliphatic hydroxyl groups is 1. The zero-order valence-corrected chi connectivity index (χ0v) is 15.5. The molecule has 1 aromatic carbocycles. The SMILES string of the molecule is CC(O)C1CCN(C(=O)NC(Cc2ccccc2)C(C)(C)C)CC1. The van der Waals surface area contributed by atoms with Gasteiger partial charge >= 0.3 is 6.03 Å². The van der Waals surface area contributed by atoms with E-state index < -0.39 is 0 Å². The molecule has 0 spiro atoms. The molecule has 1 aliphatic heterocycles. The van der Waals surface area contributed by atoms with E-state index in [4.69, 9.17) is 0 Å². The van der Waals surface area contributed by atoms with Gasteiger partial charge in [-0.2, -0.15) is 0 Å². The molecule has 2 unspecified atom stereocenters. The highest BCUT2D eigenvalue weighted by Crippen LogP contribution is 2.24. The van der Waals surface area contributed by atoms with Crippen molar-refractivity contribution in [3.05, 3.63) is 35.9 Å². The monoisotopic (exact) mass is 332 g/mol. The number of carbonyl (C=O) groups is 1. The number of rotatable bonds is 4. The Morgan fingerprint density at radius 3 is 2.33 bits per heavy atom. The Hall–Kier alpha value is -1.55. The van der Waals surface area contributed by atoms with Crippen LogP contribution in [0.25, 0.3) is 0 Å². The number of amides is 2. The zero-order chi connectivity index (χ0) is 17.7. The van der Waals surface area contributed by atoms with Gasteiger partial charge in [0.2, 0.25) is 0 Å². The molecule has 2 amide bonds. The van der Waals surface area contributed by atoms with Gasteiger partial charge in [0, 0.05) is 19.1 Å². The summed E-state index contributed by atoms with van der Waals surface area (Å²) < 4.78 is 0. The molecular formula is C20H32N2O2. The van der Waals surface area contributed by atoms with Crippen molar-refractivity contribution >= 4 is 6.03 Å². The molecule has 1 aromatic rings. The summed E-state index contributed by atoms with van der Waals surface area (Å²) in [4.78, 5) is 14.6. The van der Waals surface area contributed by atoms with Crippen molar-refractivity contribution in [1.82, 2.24) is 10.2 Å². The first-order chi connectivity index (χ1) is 11.3. The summed E-state index contributed by atoms with van der Waals surface area (Å²) in [6.45, 7) is 9.80. The normalized spacial score (nSPS) is 19.0. The van der Waals surface area contributed by atoms with Crippen LogP contribution in [0.1, 0.15) is 46.1 Å². The third-order valence-corrected chi connectivity index (χ3v) is 5.13. The van der Waals surface area contributed by atoms with Crippen LogP contribution in [0.4, 0.5) is 4.79 Å². The van der Waals surface area contributed by atoms with Crippen molar-refractivity contribution in [3.63, 3.8) is 0 Å². The van der Waals surface area contributed by atoms with E-state index in [1.807, 2.05) is 30.0 Å². The van der Waals surface area contributed by atoms with Crippen molar-refractivity contribution in [3.8, 4) is 0 Å². The molecule has 0 aliphatic carbocycles. The first-order valence-corrected chi connectivity index (χ1v) is 9.05. The highest BCUT2D eigenvalue weighted by atomic mass is 16.3. The van der Waals surface area contributed by atoms with Crippen LogP contribution in [-0.4, -0.2) is 41.3 Å². The molecule has 2 rings (SSSR count). The Kier molecular flexibility index (Phi) is 6.27. The average Bonchev–Trinajstić information content (AvgIpc) is 2.54. The molecule has 1 aliphatic rings. The smallest absolute Gasteiger partial charge is 0.317 e. The van der Waals surface area contributed by atoms with Gasteiger partial charge in [-0.25, -0.2) is 4.79 Å². The maximum Gasteiger partial charge on any atom is 0.317 e. The van der Waals surface area contributed by atoms with E-state index >= 15 is 0 Å². The van der Waals surface area contributed by atoms with Gasteiger partial charge in [-0.1, -0.05) is 51.1 Å². The maximum atomic E-state index is 12.7. The number of carbonyl (C=O) groups excluding carboxylic acids is 1. The van der Waals surface area contributed by atoms with E-state index in [1.165, 1.54) is 5.56 Å². The van der Waals surface area contributed by atoms with E-state index in [-0.39, 0.29) is 23.6 Å². The van der Waals surface area contributed by atoms with Gasteiger partial charge in [0.1, 0.15) is 0 Å². The molecule has 1 heterocycles. The third kappa shape index (κ3) is 5.23. The molecule has 4 heteroatoms. The lowest BCUT2D eigenvalue weighted by molar-refractivity contribution is 0.0782. The molecule has 0 bridgehead atoms. The minimum atomic E-state index is -0.282. The van der Waals surface area contributed by atoms with Gasteiger partial charge < -0.3 is 15.3 Å². The first kappa shape index (κ1) is 18.8. The molecule has 24 heavy (non-hydrogen) atoms. The molecular weight excluding hydrogens is 300 g/mol. The van der Waals surface area contributed by atoms with Gasteiger partial charge in [-0.05, 0) is 43.1 Å². The predicted molar refractivity (Wildman–Crippen MR) is 97.9 cm³/mol. The lowest BCUT2D eigenvalue weighted by Gasteiger charge is -2.37. The Labute approximate surface area is 146 Å². The number of urea groups is 1. The third-order valence-electron chi connectivity index (χ3n) is 5.13. The van der Waals surface area contributed by atoms with E-state index in [9.17, 15) is 9.90 Å². The predicted octanol–water partition coefficient (Wildman–Crippen LogP) is 3.45. The van der Waals surface area contributed by atoms with E-state index in [2.05, 4.69) is 38.2 Å². The summed E-state index contributed by atoms with van der Waals surface area (Å²) in [7, 11) is 0. The fourth-order valence-corrected chi connectivity index (χ4v) is 3.25. The van der Waals surface area contributed by atoms with Gasteiger partial charge in [-0.3, -0.25) is 0 Å². The largest absolute Gasteiger partial charge is 0.393 e. The van der Waals surface area contributed by atoms with Crippen LogP contribution in [-0.2, 0) is 6.42 Å². The fourth-order valence-electron chi connectivity index (χ4n) is 3.25. The Morgan fingerprint density at radius 1 is 1.25 bits per heavy atom. The number of hydrogen-bond acceptors (Lipinski definition) is 2. The standard InChI is InChI=1S/C20H32N2O2/c1-15(23)17-10-12-22(13-11-17)19(24)21-18(20(2,3)4)14-16-8-6-5-7-9-16/h5-9,15,17-18,23H,10-14H2,1-4H3,(H,21,24). The summed E-state index contributed by atoms with van der Waals surface area (Å²) in [6.07, 6.45) is 2.31. The van der Waals surface area contributed by atoms with Gasteiger partial charge in [0.15, 0.2) is 0 Å². The van der Waals surface area contributed by atoms with Crippen LogP contribution in [0, 0.1) is 11.3 Å². The van der Waals surface area contributed by atoms with Crippen molar-refractivity contribution in [2.24, 2.45) is 11.3 Å². The minimum Gasteiger partial charge on any atom is -0.393 e. The van der Waals surface area contributed by atoms with Crippen molar-refractivity contribution in [1.29, 1.82) is 0 Å². The number of hydrogen-bond donors (Lipinski definition) is 2. The van der Waals surface area contributed by atoms with Gasteiger partial charge in [0.05, 0.1) is 6.10 Å². The number of likely N-dealkylation sites (tertiary alicyclic amines) is 1. The molecule has 1 saturated heterocycles. The lowest BCUT2D eigenvalue weighted by Crippen LogP contribution is -2.52. The summed E-state index contributed by atoms with van der Waals surface area (Å²) >= 11 is 0. The summed E-state index contributed by atoms with van der Waals surface area (Å²) in [5.74, 6) is 0.316. The lowest BCUT2D eigenvalue weighted by atomic mass is 9.83. The quantitative estimate of drug-likeness (QED) is 0.887. The van der Waals surface area contributed by atoms with Crippen molar-refractivity contribution < 1.29 is 9.90 Å². The molecule has 2 N–H and O–H groups in total. The van der Waals surface area contributed by atoms with Crippen LogP contribution in [0.2, 0.25) is 0 Å². The second-order valence-electron chi connectivity index (χ2n) is 8.12. The molecule has 0 saturated carbocycles. The minimum absolute atomic E-state index is 0.0105. The van der Waals surface area contributed by atoms with Gasteiger partial charge in [-0.15, -0.1) is 0 Å². The summed E-state index contributed by atoms with van der Waals surface area (Å²) in [5, 5.41) is 12.9. The van der Waals surface area contributed by atoms with Crippen LogP contribution in [0.5, 0.6) is 0 Å². The number of nitrogens with zero attached hydrogens (tertiary/aromatic N) is 1. The van der Waals surface area contributed by atoms with Crippen LogP contribution in [0.15, 0.2) is 30.3 Å². The second kappa shape index (κ2) is 8.02. The number of aliphatic hydroxyl groups excluding tert-OH is 1. The average molecular weight is 332 g/mol. The molecule has 0 radical (unpaired) electrons. The molecule has 134 valence electrons. The summed E-state index contributed by atoms with van der Waals surface area (Å²) in [6, 6.07) is 10.4. The van der Waals surface area contributed by atoms with Crippen LogP contribution in [0.3, 0.4) is 0 Å². The topological polar surface area (TPSA) is 52.6 Å². The number of benzene rings is 1. The van der Waals surface area contributed by atoms with E-state index in [0.29, 0.717) is 5.92 Å². The first-order valence-electron chi connectivity index (χ1n) is 9.05. The number of nitrogens with one attached hydrogen (secondary N) is 1. The molecule has 1 fully saturated rings. The number of piperidine rings is 1. The van der Waals surface area contributed by atoms with Crippen molar-refractivity contribution in [2.45, 2.75) is 59.1 Å². The zero-order valence-electron chi connectivity index (χ0n) is 15.5. The Balaban J connectivity index is 1.96. The van der Waals surface area contributed by atoms with Crippen LogP contribution < -0.4 is 5.32 Å². The fraction of sp³-hybridized carbons (Fsp3) is 0.650. The van der Waals surface area contributed by atoms with Crippen LogP contribution >= 0.6 is 0 Å². The highest BCUT2D eigenvalue weighted by molar-refractivity contribution is 5.74. The molecule has 4 nitrogen and oxygen atoms in total. The van der Waals surface area contributed by atoms with Crippen molar-refractivity contribution in [2.75, 3.05) is 13.1 Å². The molecule has 0 aromatic heterocycles.